The first kappa shape index (κ1) is 23.5. The molecule has 1 aliphatic carbocycles. The van der Waals surface area contributed by atoms with Gasteiger partial charge in [-0.25, -0.2) is 9.78 Å². The number of rotatable bonds is 4. The monoisotopic (exact) mass is 499 g/mol. The van der Waals surface area contributed by atoms with E-state index in [0.717, 1.165) is 37.8 Å². The van der Waals surface area contributed by atoms with E-state index in [1.165, 1.54) is 22.3 Å². The first-order chi connectivity index (χ1) is 15.3. The maximum Gasteiger partial charge on any atom is 0.416 e. The van der Waals surface area contributed by atoms with Crippen molar-refractivity contribution in [2.24, 2.45) is 5.92 Å². The minimum atomic E-state index is -4.36. The Bertz CT molecular complexity index is 1140. The van der Waals surface area contributed by atoms with Crippen molar-refractivity contribution < 1.29 is 22.7 Å². The molecule has 176 valence electrons. The Kier molecular flexibility index (Phi) is 6.37. The highest BCUT2D eigenvalue weighted by molar-refractivity contribution is 7.22. The Balaban J connectivity index is 0.00000259. The Morgan fingerprint density at radius 3 is 2.73 bits per heavy atom. The van der Waals surface area contributed by atoms with E-state index in [0.29, 0.717) is 40.2 Å². The number of alkyl halides is 3. The summed E-state index contributed by atoms with van der Waals surface area (Å²) in [7, 11) is 0. The number of fused-ring (bicyclic) bond motifs is 1. The fourth-order valence-electron chi connectivity index (χ4n) is 4.31. The average molecular weight is 500 g/mol. The quantitative estimate of drug-likeness (QED) is 0.509. The summed E-state index contributed by atoms with van der Waals surface area (Å²) in [6.45, 7) is 1.13. The first-order valence-electron chi connectivity index (χ1n) is 10.3. The molecule has 2 fully saturated rings. The van der Waals surface area contributed by atoms with E-state index in [4.69, 9.17) is 4.74 Å². The summed E-state index contributed by atoms with van der Waals surface area (Å²) in [5, 5.41) is 11.7. The second-order valence-electron chi connectivity index (χ2n) is 8.24. The summed E-state index contributed by atoms with van der Waals surface area (Å²) in [5.74, 6) is 0.852. The minimum Gasteiger partial charge on any atom is -0.441 e. The number of ether oxygens (including phenoxy) is 1. The predicted molar refractivity (Wildman–Crippen MR) is 121 cm³/mol. The lowest BCUT2D eigenvalue weighted by Gasteiger charge is -2.35. The number of nitrogens with zero attached hydrogens (tertiary/aromatic N) is 4. The summed E-state index contributed by atoms with van der Waals surface area (Å²) in [4.78, 5) is 18.3. The molecule has 0 bridgehead atoms. The van der Waals surface area contributed by atoms with Gasteiger partial charge >= 0.3 is 12.3 Å². The molecule has 12 heteroatoms. The number of nitrogens with one attached hydrogen (secondary N) is 1. The van der Waals surface area contributed by atoms with Gasteiger partial charge in [-0.05, 0) is 61.9 Å². The number of thiazole rings is 1. The molecule has 1 N–H and O–H groups in total. The van der Waals surface area contributed by atoms with Crippen LogP contribution in [0.2, 0.25) is 0 Å². The average Bonchev–Trinajstić information content (AvgIpc) is 3.33. The van der Waals surface area contributed by atoms with Crippen molar-refractivity contribution in [2.45, 2.75) is 37.5 Å². The molecule has 1 aromatic carbocycles. The number of hydrogen-bond acceptors (Lipinski definition) is 7. The largest absolute Gasteiger partial charge is 0.441 e. The van der Waals surface area contributed by atoms with Gasteiger partial charge in [0.25, 0.3) is 0 Å². The SMILES string of the molecule is Cl.O=C1OC2(CCC(CNc3nc4ccc(C(F)(F)F)cc4s3)CC2)CN1c1cccnn1. The topological polar surface area (TPSA) is 80.2 Å². The van der Waals surface area contributed by atoms with Crippen LogP contribution in [0.5, 0.6) is 0 Å². The van der Waals surface area contributed by atoms with Crippen LogP contribution in [-0.2, 0) is 10.9 Å². The number of hydrogen-bond donors (Lipinski definition) is 1. The minimum absolute atomic E-state index is 0. The highest BCUT2D eigenvalue weighted by Crippen LogP contribution is 2.41. The Morgan fingerprint density at radius 1 is 1.24 bits per heavy atom. The molecule has 7 nitrogen and oxygen atoms in total. The summed E-state index contributed by atoms with van der Waals surface area (Å²) in [6, 6.07) is 7.06. The van der Waals surface area contributed by atoms with E-state index in [9.17, 15) is 18.0 Å². The fourth-order valence-corrected chi connectivity index (χ4v) is 5.23. The van der Waals surface area contributed by atoms with E-state index in [-0.39, 0.29) is 12.4 Å². The Morgan fingerprint density at radius 2 is 2.03 bits per heavy atom. The number of halogens is 4. The third kappa shape index (κ3) is 4.84. The lowest BCUT2D eigenvalue weighted by Crippen LogP contribution is -2.39. The van der Waals surface area contributed by atoms with Gasteiger partial charge in [0, 0.05) is 12.7 Å². The molecule has 0 atom stereocenters. The van der Waals surface area contributed by atoms with Gasteiger partial charge in [-0.15, -0.1) is 17.5 Å². The van der Waals surface area contributed by atoms with Crippen LogP contribution in [0.4, 0.5) is 28.9 Å². The number of carbonyl (C=O) groups is 1. The number of carbonyl (C=O) groups excluding carboxylic acids is 1. The fraction of sp³-hybridized carbons (Fsp3) is 0.429. The summed E-state index contributed by atoms with van der Waals surface area (Å²) < 4.78 is 45.0. The molecule has 1 saturated carbocycles. The van der Waals surface area contributed by atoms with E-state index >= 15 is 0 Å². The van der Waals surface area contributed by atoms with Crippen molar-refractivity contribution in [3.8, 4) is 0 Å². The third-order valence-electron chi connectivity index (χ3n) is 6.08. The van der Waals surface area contributed by atoms with E-state index in [1.807, 2.05) is 0 Å². The molecule has 1 aliphatic heterocycles. The van der Waals surface area contributed by atoms with Gasteiger partial charge in [0.1, 0.15) is 5.60 Å². The molecule has 3 heterocycles. The molecule has 5 rings (SSSR count). The van der Waals surface area contributed by atoms with Crippen LogP contribution < -0.4 is 10.2 Å². The van der Waals surface area contributed by atoms with Crippen LogP contribution in [0.3, 0.4) is 0 Å². The molecule has 3 aromatic rings. The number of anilines is 2. The molecule has 1 spiro atoms. The summed E-state index contributed by atoms with van der Waals surface area (Å²) >= 11 is 1.22. The molecule has 2 aromatic heterocycles. The molecule has 0 unspecified atom stereocenters. The van der Waals surface area contributed by atoms with Crippen molar-refractivity contribution in [2.75, 3.05) is 23.3 Å². The molecule has 1 saturated heterocycles. The number of amides is 1. The molecule has 33 heavy (non-hydrogen) atoms. The van der Waals surface area contributed by atoms with Gasteiger partial charge in [0.2, 0.25) is 0 Å². The van der Waals surface area contributed by atoms with Gasteiger partial charge < -0.3 is 10.1 Å². The van der Waals surface area contributed by atoms with Crippen molar-refractivity contribution in [1.29, 1.82) is 0 Å². The van der Waals surface area contributed by atoms with E-state index in [1.54, 1.807) is 18.3 Å². The van der Waals surface area contributed by atoms with Crippen molar-refractivity contribution in [3.63, 3.8) is 0 Å². The molecular formula is C21H21ClF3N5O2S. The van der Waals surface area contributed by atoms with Gasteiger partial charge in [-0.3, -0.25) is 4.90 Å². The van der Waals surface area contributed by atoms with Crippen LogP contribution >= 0.6 is 23.7 Å². The first-order valence-corrected chi connectivity index (χ1v) is 11.1. The predicted octanol–water partition coefficient (Wildman–Crippen LogP) is 5.52. The van der Waals surface area contributed by atoms with Crippen LogP contribution in [-0.4, -0.2) is 40.0 Å². The summed E-state index contributed by atoms with van der Waals surface area (Å²) in [6.07, 6.45) is 0.0353. The molecular weight excluding hydrogens is 479 g/mol. The third-order valence-corrected chi connectivity index (χ3v) is 7.06. The summed E-state index contributed by atoms with van der Waals surface area (Å²) in [5.41, 5.74) is -0.621. The van der Waals surface area contributed by atoms with E-state index < -0.39 is 23.4 Å². The Labute approximate surface area is 197 Å². The van der Waals surface area contributed by atoms with Gasteiger partial charge in [-0.2, -0.15) is 18.3 Å². The normalized spacial score (nSPS) is 22.9. The molecule has 1 amide bonds. The zero-order valence-corrected chi connectivity index (χ0v) is 19.0. The van der Waals surface area contributed by atoms with Crippen LogP contribution in [0, 0.1) is 5.92 Å². The number of benzene rings is 1. The smallest absolute Gasteiger partial charge is 0.416 e. The highest BCUT2D eigenvalue weighted by atomic mass is 35.5. The zero-order valence-electron chi connectivity index (χ0n) is 17.3. The number of aromatic nitrogens is 3. The lowest BCUT2D eigenvalue weighted by atomic mass is 9.78. The van der Waals surface area contributed by atoms with Crippen LogP contribution in [0.25, 0.3) is 10.2 Å². The molecule has 0 radical (unpaired) electrons. The second-order valence-corrected chi connectivity index (χ2v) is 9.27. The lowest BCUT2D eigenvalue weighted by molar-refractivity contribution is -0.137. The second kappa shape index (κ2) is 8.94. The van der Waals surface area contributed by atoms with Crippen LogP contribution in [0.15, 0.2) is 36.5 Å². The zero-order chi connectivity index (χ0) is 22.3. The van der Waals surface area contributed by atoms with Crippen molar-refractivity contribution in [1.82, 2.24) is 15.2 Å². The van der Waals surface area contributed by atoms with Crippen molar-refractivity contribution >= 4 is 51.0 Å². The standard InChI is InChI=1S/C21H20F3N5O2S.ClH/c22-21(23,24)14-3-4-15-16(10-14)32-18(27-15)25-11-13-5-7-20(8-6-13)12-29(19(30)31-20)17-2-1-9-26-28-17;/h1-4,9-10,13H,5-8,11-12H2,(H,25,27);1H. The van der Waals surface area contributed by atoms with E-state index in [2.05, 4.69) is 20.5 Å². The van der Waals surface area contributed by atoms with Crippen LogP contribution in [0.1, 0.15) is 31.2 Å². The molecule has 2 aliphatic rings. The van der Waals surface area contributed by atoms with Gasteiger partial charge in [0.15, 0.2) is 10.9 Å². The maximum absolute atomic E-state index is 12.9. The van der Waals surface area contributed by atoms with Gasteiger partial charge in [-0.1, -0.05) is 11.3 Å². The Hall–Kier alpha value is -2.66. The van der Waals surface area contributed by atoms with Crippen molar-refractivity contribution in [3.05, 3.63) is 42.1 Å². The van der Waals surface area contributed by atoms with Gasteiger partial charge in [0.05, 0.1) is 22.3 Å². The maximum atomic E-state index is 12.9. The highest BCUT2D eigenvalue weighted by Gasteiger charge is 2.48.